The predicted octanol–water partition coefficient (Wildman–Crippen LogP) is 2.95. The van der Waals surface area contributed by atoms with Gasteiger partial charge in [0.1, 0.15) is 5.54 Å². The molecule has 1 aliphatic carbocycles. The summed E-state index contributed by atoms with van der Waals surface area (Å²) in [6.07, 6.45) is 1.94. The molecule has 0 saturated heterocycles. The molecule has 27 heavy (non-hydrogen) atoms. The lowest BCUT2D eigenvalue weighted by atomic mass is 9.98. The Bertz CT molecular complexity index is 959. The van der Waals surface area contributed by atoms with Crippen LogP contribution in [0.2, 0.25) is 0 Å². The molecule has 0 aliphatic heterocycles. The maximum atomic E-state index is 12.9. The number of nitriles is 1. The standard InChI is InChI=1S/C20H24N4O2S/c1-13(2)10-24-18(26)15-6-4-5-7-16(15)22-19(24)27-11-17(25)23-20(3,12-21)14-8-9-14/h4-7,13-14H,8-11H2,1-3H3,(H,23,25)/t20-/m1/s1. The molecule has 0 bridgehead atoms. The van der Waals surface area contributed by atoms with Crippen molar-refractivity contribution >= 4 is 28.6 Å². The first-order valence-electron chi connectivity index (χ1n) is 9.18. The molecule has 7 heteroatoms. The lowest BCUT2D eigenvalue weighted by molar-refractivity contribution is -0.119. The molecule has 0 unspecified atom stereocenters. The number of aromatic nitrogens is 2. The van der Waals surface area contributed by atoms with Gasteiger partial charge in [-0.25, -0.2) is 4.98 Å². The Morgan fingerprint density at radius 3 is 2.78 bits per heavy atom. The minimum Gasteiger partial charge on any atom is -0.337 e. The van der Waals surface area contributed by atoms with Crippen molar-refractivity contribution in [2.75, 3.05) is 5.75 Å². The summed E-state index contributed by atoms with van der Waals surface area (Å²) in [6.45, 7) is 6.39. The van der Waals surface area contributed by atoms with E-state index in [1.165, 1.54) is 11.8 Å². The summed E-state index contributed by atoms with van der Waals surface area (Å²) in [6, 6.07) is 9.48. The van der Waals surface area contributed by atoms with E-state index in [1.54, 1.807) is 23.6 Å². The molecule has 3 rings (SSSR count). The first-order chi connectivity index (χ1) is 12.8. The number of hydrogen-bond acceptors (Lipinski definition) is 5. The van der Waals surface area contributed by atoms with Crippen LogP contribution in [-0.4, -0.2) is 26.8 Å². The lowest BCUT2D eigenvalue weighted by Crippen LogP contribution is -2.47. The molecule has 1 aromatic heterocycles. The molecule has 1 amide bonds. The SMILES string of the molecule is CC(C)Cn1c(SCC(=O)N[C@](C)(C#N)C2CC2)nc2ccccc2c1=O. The predicted molar refractivity (Wildman–Crippen MR) is 106 cm³/mol. The van der Waals surface area contributed by atoms with Crippen LogP contribution in [0.1, 0.15) is 33.6 Å². The third kappa shape index (κ3) is 4.33. The van der Waals surface area contributed by atoms with Gasteiger partial charge < -0.3 is 5.32 Å². The zero-order valence-electron chi connectivity index (χ0n) is 15.9. The van der Waals surface area contributed by atoms with Crippen molar-refractivity contribution in [2.45, 2.75) is 50.9 Å². The van der Waals surface area contributed by atoms with Crippen molar-refractivity contribution < 1.29 is 4.79 Å². The number of fused-ring (bicyclic) bond motifs is 1. The molecular formula is C20H24N4O2S. The van der Waals surface area contributed by atoms with Gasteiger partial charge in [-0.2, -0.15) is 5.26 Å². The van der Waals surface area contributed by atoms with Gasteiger partial charge in [0.15, 0.2) is 5.16 Å². The highest BCUT2D eigenvalue weighted by Crippen LogP contribution is 2.39. The van der Waals surface area contributed by atoms with E-state index in [1.807, 2.05) is 26.0 Å². The molecule has 142 valence electrons. The molecular weight excluding hydrogens is 360 g/mol. The molecule has 1 saturated carbocycles. The molecule has 1 aliphatic rings. The fourth-order valence-electron chi connectivity index (χ4n) is 3.12. The highest BCUT2D eigenvalue weighted by molar-refractivity contribution is 7.99. The molecule has 1 N–H and O–H groups in total. The zero-order chi connectivity index (χ0) is 19.6. The van der Waals surface area contributed by atoms with Crippen molar-refractivity contribution in [3.63, 3.8) is 0 Å². The van der Waals surface area contributed by atoms with Gasteiger partial charge in [-0.3, -0.25) is 14.2 Å². The Kier molecular flexibility index (Phi) is 5.56. The summed E-state index contributed by atoms with van der Waals surface area (Å²) in [5.41, 5.74) is -0.270. The normalized spacial score (nSPS) is 16.1. The van der Waals surface area contributed by atoms with Gasteiger partial charge >= 0.3 is 0 Å². The number of nitrogens with one attached hydrogen (secondary N) is 1. The second-order valence-corrected chi connectivity index (χ2v) is 8.59. The van der Waals surface area contributed by atoms with Crippen LogP contribution >= 0.6 is 11.8 Å². The number of hydrogen-bond donors (Lipinski definition) is 1. The van der Waals surface area contributed by atoms with E-state index in [-0.39, 0.29) is 29.1 Å². The second kappa shape index (κ2) is 7.73. The van der Waals surface area contributed by atoms with Crippen LogP contribution in [0, 0.1) is 23.2 Å². The maximum absolute atomic E-state index is 12.9. The summed E-state index contributed by atoms with van der Waals surface area (Å²) >= 11 is 1.24. The Morgan fingerprint density at radius 1 is 1.44 bits per heavy atom. The highest BCUT2D eigenvalue weighted by atomic mass is 32.2. The zero-order valence-corrected chi connectivity index (χ0v) is 16.7. The largest absolute Gasteiger partial charge is 0.337 e. The van der Waals surface area contributed by atoms with Crippen LogP contribution < -0.4 is 10.9 Å². The first kappa shape index (κ1) is 19.4. The van der Waals surface area contributed by atoms with Crippen LogP contribution in [0.3, 0.4) is 0 Å². The molecule has 0 spiro atoms. The van der Waals surface area contributed by atoms with Crippen LogP contribution in [0.5, 0.6) is 0 Å². The number of carbonyl (C=O) groups excluding carboxylic acids is 1. The van der Waals surface area contributed by atoms with Gasteiger partial charge in [0, 0.05) is 6.54 Å². The van der Waals surface area contributed by atoms with E-state index in [2.05, 4.69) is 16.4 Å². The van der Waals surface area contributed by atoms with Crippen LogP contribution in [-0.2, 0) is 11.3 Å². The highest BCUT2D eigenvalue weighted by Gasteiger charge is 2.42. The number of rotatable bonds is 7. The minimum absolute atomic E-state index is 0.0861. The fourth-order valence-corrected chi connectivity index (χ4v) is 3.93. The summed E-state index contributed by atoms with van der Waals surface area (Å²) < 4.78 is 1.65. The molecule has 1 atom stereocenters. The minimum atomic E-state index is -0.813. The summed E-state index contributed by atoms with van der Waals surface area (Å²) in [7, 11) is 0. The average Bonchev–Trinajstić information content (AvgIpc) is 3.48. The van der Waals surface area contributed by atoms with Crippen LogP contribution in [0.25, 0.3) is 10.9 Å². The van der Waals surface area contributed by atoms with Crippen LogP contribution in [0.4, 0.5) is 0 Å². The Morgan fingerprint density at radius 2 is 2.15 bits per heavy atom. The number of para-hydroxylation sites is 1. The van der Waals surface area contributed by atoms with Crippen molar-refractivity contribution in [3.05, 3.63) is 34.6 Å². The van der Waals surface area contributed by atoms with Crippen molar-refractivity contribution in [3.8, 4) is 6.07 Å². The van der Waals surface area contributed by atoms with E-state index in [9.17, 15) is 14.9 Å². The van der Waals surface area contributed by atoms with Crippen molar-refractivity contribution in [1.82, 2.24) is 14.9 Å². The smallest absolute Gasteiger partial charge is 0.262 e. The van der Waals surface area contributed by atoms with Gasteiger partial charge in [-0.05, 0) is 43.7 Å². The van der Waals surface area contributed by atoms with Gasteiger partial charge in [0.05, 0.1) is 22.7 Å². The molecule has 0 radical (unpaired) electrons. The molecule has 6 nitrogen and oxygen atoms in total. The number of nitrogens with zero attached hydrogens (tertiary/aromatic N) is 3. The third-order valence-electron chi connectivity index (χ3n) is 4.73. The Balaban J connectivity index is 1.82. The van der Waals surface area contributed by atoms with Gasteiger partial charge in [-0.15, -0.1) is 0 Å². The van der Waals surface area contributed by atoms with Crippen molar-refractivity contribution in [1.29, 1.82) is 5.26 Å². The average molecular weight is 385 g/mol. The summed E-state index contributed by atoms with van der Waals surface area (Å²) in [5.74, 6) is 0.409. The number of carbonyl (C=O) groups is 1. The maximum Gasteiger partial charge on any atom is 0.262 e. The second-order valence-electron chi connectivity index (χ2n) is 7.65. The topological polar surface area (TPSA) is 87.8 Å². The number of amides is 1. The van der Waals surface area contributed by atoms with E-state index in [0.29, 0.717) is 22.6 Å². The number of benzene rings is 1. The summed E-state index contributed by atoms with van der Waals surface area (Å²) in [4.78, 5) is 29.9. The van der Waals surface area contributed by atoms with E-state index < -0.39 is 5.54 Å². The van der Waals surface area contributed by atoms with E-state index in [0.717, 1.165) is 12.8 Å². The fraction of sp³-hybridized carbons (Fsp3) is 0.500. The Hall–Kier alpha value is -2.33. The molecule has 1 fully saturated rings. The molecule has 2 aromatic rings. The van der Waals surface area contributed by atoms with Crippen LogP contribution in [0.15, 0.2) is 34.2 Å². The lowest BCUT2D eigenvalue weighted by Gasteiger charge is -2.22. The van der Waals surface area contributed by atoms with Gasteiger partial charge in [0.2, 0.25) is 5.91 Å². The quantitative estimate of drug-likeness (QED) is 0.586. The molecule has 1 heterocycles. The van der Waals surface area contributed by atoms with E-state index in [4.69, 9.17) is 0 Å². The van der Waals surface area contributed by atoms with Crippen molar-refractivity contribution in [2.24, 2.45) is 11.8 Å². The first-order valence-corrected chi connectivity index (χ1v) is 10.2. The van der Waals surface area contributed by atoms with E-state index >= 15 is 0 Å². The molecule has 1 aromatic carbocycles. The third-order valence-corrected chi connectivity index (χ3v) is 5.71. The van der Waals surface area contributed by atoms with Gasteiger partial charge in [-0.1, -0.05) is 37.7 Å². The number of thioether (sulfide) groups is 1. The van der Waals surface area contributed by atoms with Gasteiger partial charge in [0.25, 0.3) is 5.56 Å². The summed E-state index contributed by atoms with van der Waals surface area (Å²) in [5, 5.41) is 13.4. The Labute approximate surface area is 163 Å². The monoisotopic (exact) mass is 384 g/mol.